The number of hydrogen-bond acceptors (Lipinski definition) is 6. The van der Waals surface area contributed by atoms with Gasteiger partial charge in [0, 0.05) is 40.7 Å². The number of amides is 1. The average molecular weight is 509 g/mol. The predicted octanol–water partition coefficient (Wildman–Crippen LogP) is 4.18. The molecule has 1 aliphatic rings. The maximum Gasteiger partial charge on any atom is 0.241 e. The van der Waals surface area contributed by atoms with Gasteiger partial charge in [-0.25, -0.2) is 13.4 Å². The fourth-order valence-corrected chi connectivity index (χ4v) is 6.89. The highest BCUT2D eigenvalue weighted by atomic mass is 32.2. The number of aromatic nitrogens is 1. The zero-order valence-electron chi connectivity index (χ0n) is 19.5. The summed E-state index contributed by atoms with van der Waals surface area (Å²) in [6.45, 7) is 3.45. The zero-order chi connectivity index (χ0) is 24.6. The summed E-state index contributed by atoms with van der Waals surface area (Å²) in [5, 5.41) is 2.61. The summed E-state index contributed by atoms with van der Waals surface area (Å²) in [5.41, 5.74) is 6.02. The van der Waals surface area contributed by atoms with Crippen molar-refractivity contribution < 1.29 is 13.2 Å². The molecule has 1 saturated heterocycles. The molecular weight excluding hydrogens is 480 g/mol. The number of hydrogen-bond donors (Lipinski definition) is 2. The number of likely N-dealkylation sites (tertiary alicyclic amines) is 1. The number of nitrogen functional groups attached to an aromatic ring is 1. The molecule has 0 aliphatic carbocycles. The van der Waals surface area contributed by atoms with Gasteiger partial charge in [0.15, 0.2) is 0 Å². The number of piperidine rings is 1. The Morgan fingerprint density at radius 1 is 1.14 bits per heavy atom. The first-order valence-corrected chi connectivity index (χ1v) is 14.0. The Hall–Kier alpha value is -3.01. The minimum atomic E-state index is -3.93. The lowest BCUT2D eigenvalue weighted by Crippen LogP contribution is -2.51. The number of nitrogens with two attached hydrogens (primary N) is 1. The second-order valence-corrected chi connectivity index (χ2v) is 12.1. The van der Waals surface area contributed by atoms with Crippen molar-refractivity contribution in [2.24, 2.45) is 5.92 Å². The van der Waals surface area contributed by atoms with E-state index in [1.54, 1.807) is 29.3 Å². The van der Waals surface area contributed by atoms with E-state index in [-0.39, 0.29) is 17.2 Å². The highest BCUT2D eigenvalue weighted by Crippen LogP contribution is 2.30. The van der Waals surface area contributed by atoms with Gasteiger partial charge in [0.05, 0.1) is 4.90 Å². The van der Waals surface area contributed by atoms with Gasteiger partial charge in [-0.2, -0.15) is 4.72 Å². The molecule has 9 heteroatoms. The quantitative estimate of drug-likeness (QED) is 0.407. The van der Waals surface area contributed by atoms with Crippen LogP contribution in [-0.4, -0.2) is 43.3 Å². The predicted molar refractivity (Wildman–Crippen MR) is 141 cm³/mol. The summed E-state index contributed by atoms with van der Waals surface area (Å²) >= 11 is 1.50. The number of rotatable bonds is 6. The highest BCUT2D eigenvalue weighted by molar-refractivity contribution is 7.89. The Balaban J connectivity index is 1.46. The molecule has 1 unspecified atom stereocenters. The van der Waals surface area contributed by atoms with Crippen molar-refractivity contribution in [3.63, 3.8) is 0 Å². The minimum Gasteiger partial charge on any atom is -0.383 e. The molecule has 5 rings (SSSR count). The van der Waals surface area contributed by atoms with Gasteiger partial charge in [0.2, 0.25) is 15.9 Å². The van der Waals surface area contributed by atoms with Crippen LogP contribution >= 0.6 is 11.3 Å². The first-order chi connectivity index (χ1) is 16.8. The van der Waals surface area contributed by atoms with Crippen molar-refractivity contribution in [1.29, 1.82) is 0 Å². The van der Waals surface area contributed by atoms with E-state index in [0.29, 0.717) is 24.8 Å². The molecule has 2 aromatic carbocycles. The van der Waals surface area contributed by atoms with E-state index in [1.165, 1.54) is 11.3 Å². The van der Waals surface area contributed by atoms with E-state index in [0.717, 1.165) is 38.6 Å². The number of anilines is 1. The second-order valence-electron chi connectivity index (χ2n) is 9.22. The third kappa shape index (κ3) is 5.03. The van der Waals surface area contributed by atoms with Crippen molar-refractivity contribution >= 4 is 53.9 Å². The smallest absolute Gasteiger partial charge is 0.241 e. The normalized spacial score (nSPS) is 16.1. The van der Waals surface area contributed by atoms with Crippen LogP contribution in [-0.2, 0) is 21.2 Å². The minimum absolute atomic E-state index is 0.144. The Morgan fingerprint density at radius 3 is 2.63 bits per heavy atom. The summed E-state index contributed by atoms with van der Waals surface area (Å²) < 4.78 is 30.6. The molecular formula is C26H28N4O3S2. The fourth-order valence-electron chi connectivity index (χ4n) is 4.56. The molecule has 1 aliphatic heterocycles. The van der Waals surface area contributed by atoms with E-state index in [4.69, 9.17) is 5.73 Å². The lowest BCUT2D eigenvalue weighted by Gasteiger charge is -2.33. The first kappa shape index (κ1) is 23.7. The van der Waals surface area contributed by atoms with Gasteiger partial charge < -0.3 is 10.6 Å². The molecule has 1 fully saturated rings. The van der Waals surface area contributed by atoms with Crippen molar-refractivity contribution in [2.75, 3.05) is 18.8 Å². The lowest BCUT2D eigenvalue weighted by molar-refractivity contribution is -0.134. The molecule has 1 amide bonds. The monoisotopic (exact) mass is 508 g/mol. The van der Waals surface area contributed by atoms with Crippen LogP contribution in [0.15, 0.2) is 65.7 Å². The van der Waals surface area contributed by atoms with Gasteiger partial charge in [-0.05, 0) is 53.8 Å². The summed E-state index contributed by atoms with van der Waals surface area (Å²) in [5.74, 6) is 0.796. The molecule has 3 N–H and O–H groups in total. The van der Waals surface area contributed by atoms with E-state index in [2.05, 4.69) is 16.6 Å². The Kier molecular flexibility index (Phi) is 6.48. The van der Waals surface area contributed by atoms with Gasteiger partial charge in [0.1, 0.15) is 11.9 Å². The van der Waals surface area contributed by atoms with Crippen LogP contribution in [0.4, 0.5) is 5.82 Å². The van der Waals surface area contributed by atoms with Crippen LogP contribution in [0.1, 0.15) is 24.6 Å². The lowest BCUT2D eigenvalue weighted by atomic mass is 9.98. The Bertz CT molecular complexity index is 1490. The zero-order valence-corrected chi connectivity index (χ0v) is 21.1. The van der Waals surface area contributed by atoms with Crippen molar-refractivity contribution in [1.82, 2.24) is 14.6 Å². The molecule has 0 spiro atoms. The van der Waals surface area contributed by atoms with E-state index in [1.807, 2.05) is 36.4 Å². The molecule has 1 atom stereocenters. The summed E-state index contributed by atoms with van der Waals surface area (Å²) in [4.78, 5) is 20.5. The number of carbonyl (C=O) groups excluding carboxylic acids is 1. The molecule has 0 saturated carbocycles. The number of fused-ring (bicyclic) bond motifs is 2. The molecule has 35 heavy (non-hydrogen) atoms. The third-order valence-electron chi connectivity index (χ3n) is 6.65. The van der Waals surface area contributed by atoms with Crippen LogP contribution in [0.2, 0.25) is 0 Å². The number of sulfonamides is 1. The second kappa shape index (κ2) is 9.56. The number of nitrogens with zero attached hydrogens (tertiary/aromatic N) is 2. The standard InChI is InChI=1S/C26H28N4O3S2/c1-17-9-12-30(13-10-17)26(31)23(16-20-15-22-24(34-20)8-11-28-25(22)27)29-35(32,33)21-7-6-18-4-2-3-5-19(18)14-21/h2-8,11,14-15,17,23,29H,9-10,12-13,16H2,1H3,(H2,27,28). The molecule has 3 heterocycles. The number of benzene rings is 2. The van der Waals surface area contributed by atoms with Gasteiger partial charge in [-0.3, -0.25) is 4.79 Å². The number of carbonyl (C=O) groups is 1. The van der Waals surface area contributed by atoms with Gasteiger partial charge in [-0.15, -0.1) is 11.3 Å². The van der Waals surface area contributed by atoms with Gasteiger partial charge >= 0.3 is 0 Å². The van der Waals surface area contributed by atoms with Crippen molar-refractivity contribution in [3.05, 3.63) is 65.7 Å². The largest absolute Gasteiger partial charge is 0.383 e. The SMILES string of the molecule is CC1CCN(C(=O)C(Cc2cc3c(N)nccc3s2)NS(=O)(=O)c2ccc3ccccc3c2)CC1. The Labute approximate surface area is 209 Å². The molecule has 2 aromatic heterocycles. The molecule has 0 radical (unpaired) electrons. The molecule has 7 nitrogen and oxygen atoms in total. The number of pyridine rings is 1. The summed E-state index contributed by atoms with van der Waals surface area (Å²) in [7, 11) is -3.93. The summed E-state index contributed by atoms with van der Waals surface area (Å²) in [6, 6.07) is 15.5. The van der Waals surface area contributed by atoms with Crippen LogP contribution < -0.4 is 10.5 Å². The maximum absolute atomic E-state index is 13.6. The Morgan fingerprint density at radius 2 is 1.89 bits per heavy atom. The molecule has 4 aromatic rings. The number of nitrogens with one attached hydrogen (secondary N) is 1. The van der Waals surface area contributed by atoms with Crippen LogP contribution in [0, 0.1) is 5.92 Å². The fraction of sp³-hybridized carbons (Fsp3) is 0.308. The molecule has 182 valence electrons. The molecule has 0 bridgehead atoms. The van der Waals surface area contributed by atoms with Gasteiger partial charge in [0.25, 0.3) is 0 Å². The van der Waals surface area contributed by atoms with E-state index in [9.17, 15) is 13.2 Å². The first-order valence-electron chi connectivity index (χ1n) is 11.7. The van der Waals surface area contributed by atoms with Gasteiger partial charge in [-0.1, -0.05) is 37.3 Å². The average Bonchev–Trinajstić information content (AvgIpc) is 3.27. The van der Waals surface area contributed by atoms with Crippen molar-refractivity contribution in [3.8, 4) is 0 Å². The topological polar surface area (TPSA) is 105 Å². The number of thiophene rings is 1. The van der Waals surface area contributed by atoms with Crippen LogP contribution in [0.25, 0.3) is 20.9 Å². The van der Waals surface area contributed by atoms with Crippen LogP contribution in [0.3, 0.4) is 0 Å². The highest BCUT2D eigenvalue weighted by Gasteiger charge is 2.31. The van der Waals surface area contributed by atoms with Crippen LogP contribution in [0.5, 0.6) is 0 Å². The maximum atomic E-state index is 13.6. The van der Waals surface area contributed by atoms with E-state index >= 15 is 0 Å². The van der Waals surface area contributed by atoms with E-state index < -0.39 is 16.1 Å². The third-order valence-corrected chi connectivity index (χ3v) is 9.25. The van der Waals surface area contributed by atoms with Crippen molar-refractivity contribution in [2.45, 2.75) is 37.1 Å². The summed E-state index contributed by atoms with van der Waals surface area (Å²) in [6.07, 6.45) is 3.73.